The number of rotatable bonds is 4. The van der Waals surface area contributed by atoms with Gasteiger partial charge in [-0.05, 0) is 42.9 Å². The summed E-state index contributed by atoms with van der Waals surface area (Å²) in [7, 11) is -0.713. The molecule has 2 rings (SSSR count). The third-order valence-electron chi connectivity index (χ3n) is 5.45. The Morgan fingerprint density at radius 2 is 2.06 bits per heavy atom. The highest BCUT2D eigenvalue weighted by Crippen LogP contribution is 2.62. The lowest BCUT2D eigenvalue weighted by molar-refractivity contribution is 0.110. The minimum atomic E-state index is -0.713. The Hall–Kier alpha value is 0.110. The van der Waals surface area contributed by atoms with Crippen molar-refractivity contribution < 1.29 is 4.21 Å². The molecule has 0 radical (unpaired) electrons. The average Bonchev–Trinajstić information content (AvgIpc) is 2.68. The van der Waals surface area contributed by atoms with Crippen LogP contribution >= 0.6 is 0 Å². The lowest BCUT2D eigenvalue weighted by atomic mass is 9.68. The molecule has 100 valence electrons. The van der Waals surface area contributed by atoms with Gasteiger partial charge in [-0.1, -0.05) is 20.8 Å². The van der Waals surface area contributed by atoms with Crippen LogP contribution in [0.4, 0.5) is 0 Å². The van der Waals surface area contributed by atoms with Crippen LogP contribution in [0.1, 0.15) is 47.0 Å². The summed E-state index contributed by atoms with van der Waals surface area (Å²) in [5.74, 6) is 0.882. The van der Waals surface area contributed by atoms with E-state index in [0.717, 1.165) is 12.5 Å². The second-order valence-corrected chi connectivity index (χ2v) is 8.87. The fourth-order valence-electron chi connectivity index (χ4n) is 4.21. The van der Waals surface area contributed by atoms with Gasteiger partial charge in [-0.2, -0.15) is 0 Å². The van der Waals surface area contributed by atoms with E-state index in [1.165, 1.54) is 19.3 Å². The van der Waals surface area contributed by atoms with Crippen LogP contribution in [0.2, 0.25) is 0 Å². The van der Waals surface area contributed by atoms with Crippen molar-refractivity contribution in [3.63, 3.8) is 0 Å². The molecule has 0 heterocycles. The Balaban J connectivity index is 2.03. The lowest BCUT2D eigenvalue weighted by Crippen LogP contribution is -2.52. The van der Waals surface area contributed by atoms with E-state index in [-0.39, 0.29) is 5.25 Å². The molecule has 2 nitrogen and oxygen atoms in total. The van der Waals surface area contributed by atoms with Gasteiger partial charge in [0.2, 0.25) is 0 Å². The highest BCUT2D eigenvalue weighted by atomic mass is 32.2. The van der Waals surface area contributed by atoms with Crippen molar-refractivity contribution in [2.75, 3.05) is 12.8 Å². The molecule has 3 heteroatoms. The Kier molecular flexibility index (Phi) is 3.46. The van der Waals surface area contributed by atoms with Crippen LogP contribution in [0.5, 0.6) is 0 Å². The second-order valence-electron chi connectivity index (χ2n) is 7.07. The summed E-state index contributed by atoms with van der Waals surface area (Å²) in [5, 5.41) is 3.99. The topological polar surface area (TPSA) is 29.1 Å². The molecule has 0 aromatic rings. The van der Waals surface area contributed by atoms with Crippen molar-refractivity contribution in [2.45, 2.75) is 58.2 Å². The van der Waals surface area contributed by atoms with Crippen LogP contribution in [0, 0.1) is 16.7 Å². The largest absolute Gasteiger partial charge is 0.312 e. The van der Waals surface area contributed by atoms with Crippen LogP contribution in [0.3, 0.4) is 0 Å². The molecule has 2 bridgehead atoms. The van der Waals surface area contributed by atoms with Crippen molar-refractivity contribution in [3.8, 4) is 0 Å². The summed E-state index contributed by atoms with van der Waals surface area (Å²) in [6.45, 7) is 10.2. The Morgan fingerprint density at radius 3 is 2.53 bits per heavy atom. The zero-order valence-corrected chi connectivity index (χ0v) is 12.7. The quantitative estimate of drug-likeness (QED) is 0.838. The first-order chi connectivity index (χ1) is 7.77. The highest BCUT2D eigenvalue weighted by molar-refractivity contribution is 7.84. The minimum Gasteiger partial charge on any atom is -0.312 e. The monoisotopic (exact) mass is 257 g/mol. The lowest BCUT2D eigenvalue weighted by Gasteiger charge is -2.43. The summed E-state index contributed by atoms with van der Waals surface area (Å²) in [6.07, 6.45) is 5.95. The van der Waals surface area contributed by atoms with E-state index in [1.54, 1.807) is 6.26 Å². The predicted octanol–water partition coefficient (Wildman–Crippen LogP) is 2.56. The summed E-state index contributed by atoms with van der Waals surface area (Å²) < 4.78 is 11.4. The first-order valence-electron chi connectivity index (χ1n) is 6.83. The normalized spacial score (nSPS) is 42.6. The molecule has 5 atom stereocenters. The standard InChI is InChI=1S/C14H27NOS/c1-10(17(5)16)9-15-12-13(2,3)11-6-7-14(12,4)8-11/h10-12,15H,6-9H2,1-5H3/t10?,11-,12?,14+,17?/m0/s1. The zero-order chi connectivity index (χ0) is 12.8. The van der Waals surface area contributed by atoms with E-state index in [9.17, 15) is 4.21 Å². The minimum absolute atomic E-state index is 0.258. The molecule has 2 saturated carbocycles. The molecular formula is C14H27NOS. The Morgan fingerprint density at radius 1 is 1.41 bits per heavy atom. The van der Waals surface area contributed by atoms with E-state index in [2.05, 4.69) is 33.0 Å². The molecule has 3 unspecified atom stereocenters. The van der Waals surface area contributed by atoms with Crippen molar-refractivity contribution in [3.05, 3.63) is 0 Å². The highest BCUT2D eigenvalue weighted by Gasteiger charge is 2.58. The van der Waals surface area contributed by atoms with Crippen molar-refractivity contribution in [2.24, 2.45) is 16.7 Å². The first-order valence-corrected chi connectivity index (χ1v) is 8.45. The van der Waals surface area contributed by atoms with E-state index in [1.807, 2.05) is 0 Å². The van der Waals surface area contributed by atoms with E-state index >= 15 is 0 Å². The third kappa shape index (κ3) is 2.21. The molecule has 0 amide bonds. The molecule has 2 aliphatic rings. The maximum absolute atomic E-state index is 11.4. The fourth-order valence-corrected chi connectivity index (χ4v) is 4.54. The van der Waals surface area contributed by atoms with Gasteiger partial charge in [0.15, 0.2) is 0 Å². The average molecular weight is 257 g/mol. The summed E-state index contributed by atoms with van der Waals surface area (Å²) in [6, 6.07) is 0.597. The maximum atomic E-state index is 11.4. The Labute approximate surface area is 108 Å². The van der Waals surface area contributed by atoms with E-state index in [0.29, 0.717) is 16.9 Å². The van der Waals surface area contributed by atoms with E-state index in [4.69, 9.17) is 0 Å². The van der Waals surface area contributed by atoms with Crippen molar-refractivity contribution in [1.29, 1.82) is 0 Å². The smallest absolute Gasteiger partial charge is 0.0441 e. The number of nitrogens with one attached hydrogen (secondary N) is 1. The molecule has 1 N–H and O–H groups in total. The maximum Gasteiger partial charge on any atom is 0.0441 e. The van der Waals surface area contributed by atoms with Gasteiger partial charge in [-0.15, -0.1) is 0 Å². The van der Waals surface area contributed by atoms with Gasteiger partial charge in [-0.25, -0.2) is 0 Å². The zero-order valence-electron chi connectivity index (χ0n) is 11.9. The number of fused-ring (bicyclic) bond motifs is 2. The SMILES string of the molecule is CC(CNC1C(C)(C)[C@H]2CC[C@]1(C)C2)S(C)=O. The van der Waals surface area contributed by atoms with Crippen LogP contribution < -0.4 is 5.32 Å². The van der Waals surface area contributed by atoms with Crippen LogP contribution in [-0.4, -0.2) is 28.3 Å². The van der Waals surface area contributed by atoms with Crippen molar-refractivity contribution in [1.82, 2.24) is 5.32 Å². The molecule has 0 spiro atoms. The van der Waals surface area contributed by atoms with Crippen LogP contribution in [0.15, 0.2) is 0 Å². The molecule has 2 fully saturated rings. The second kappa shape index (κ2) is 4.34. The summed E-state index contributed by atoms with van der Waals surface area (Å²) in [5.41, 5.74) is 0.880. The van der Waals surface area contributed by atoms with E-state index < -0.39 is 10.8 Å². The number of hydrogen-bond acceptors (Lipinski definition) is 2. The van der Waals surface area contributed by atoms with Gasteiger partial charge in [0, 0.05) is 34.9 Å². The fraction of sp³-hybridized carbons (Fsp3) is 1.00. The molecule has 0 aliphatic heterocycles. The van der Waals surface area contributed by atoms with Gasteiger partial charge < -0.3 is 5.32 Å². The molecule has 0 saturated heterocycles. The van der Waals surface area contributed by atoms with Gasteiger partial charge in [0.05, 0.1) is 0 Å². The van der Waals surface area contributed by atoms with Crippen molar-refractivity contribution >= 4 is 10.8 Å². The third-order valence-corrected chi connectivity index (χ3v) is 6.75. The molecule has 0 aromatic heterocycles. The Bertz CT molecular complexity index is 323. The molecular weight excluding hydrogens is 230 g/mol. The van der Waals surface area contributed by atoms with Gasteiger partial charge in [0.1, 0.15) is 0 Å². The summed E-state index contributed by atoms with van der Waals surface area (Å²) in [4.78, 5) is 0. The van der Waals surface area contributed by atoms with Gasteiger partial charge >= 0.3 is 0 Å². The first kappa shape index (κ1) is 13.5. The predicted molar refractivity (Wildman–Crippen MR) is 74.5 cm³/mol. The van der Waals surface area contributed by atoms with Crippen LogP contribution in [0.25, 0.3) is 0 Å². The molecule has 17 heavy (non-hydrogen) atoms. The molecule has 0 aromatic carbocycles. The summed E-state index contributed by atoms with van der Waals surface area (Å²) >= 11 is 0. The number of hydrogen-bond donors (Lipinski definition) is 1. The van der Waals surface area contributed by atoms with Gasteiger partial charge in [0.25, 0.3) is 0 Å². The van der Waals surface area contributed by atoms with Gasteiger partial charge in [-0.3, -0.25) is 4.21 Å². The van der Waals surface area contributed by atoms with Crippen LogP contribution in [-0.2, 0) is 10.8 Å². The molecule has 2 aliphatic carbocycles.